The molecule has 1 amide bonds. The van der Waals surface area contributed by atoms with Gasteiger partial charge in [0.1, 0.15) is 5.76 Å². The fourth-order valence-electron chi connectivity index (χ4n) is 2.56. The van der Waals surface area contributed by atoms with Crippen LogP contribution in [0.3, 0.4) is 0 Å². The van der Waals surface area contributed by atoms with E-state index in [4.69, 9.17) is 4.43 Å². The Hall–Kier alpha value is -0.993. The molecular weight excluding hydrogens is 346 g/mol. The number of allylic oxidation sites excluding steroid dienone is 1. The normalized spacial score (nSPS) is 24.3. The zero-order valence-corrected chi connectivity index (χ0v) is 17.5. The van der Waals surface area contributed by atoms with E-state index in [0.717, 1.165) is 0 Å². The SMILES string of the molecule is CSC1C([C@@H](C)O[Si](C)(C)C(C)(C)C)C(=O)N1/C(C(=O)O)=C(\C)O. The maximum absolute atomic E-state index is 12.6. The van der Waals surface area contributed by atoms with Crippen molar-refractivity contribution in [2.75, 3.05) is 6.26 Å². The molecule has 0 aromatic carbocycles. The van der Waals surface area contributed by atoms with Crippen LogP contribution in [0.4, 0.5) is 0 Å². The molecule has 2 N–H and O–H groups in total. The highest BCUT2D eigenvalue weighted by molar-refractivity contribution is 7.99. The van der Waals surface area contributed by atoms with Crippen LogP contribution in [0.2, 0.25) is 18.1 Å². The molecule has 1 aliphatic heterocycles. The predicted octanol–water partition coefficient (Wildman–Crippen LogP) is 3.42. The highest BCUT2D eigenvalue weighted by Crippen LogP contribution is 2.44. The fourth-order valence-corrected chi connectivity index (χ4v) is 5.04. The predicted molar refractivity (Wildman–Crippen MR) is 98.3 cm³/mol. The van der Waals surface area contributed by atoms with Crippen molar-refractivity contribution in [2.45, 2.75) is 64.2 Å². The number of carbonyl (C=O) groups excluding carboxylic acids is 1. The number of rotatable bonds is 6. The Morgan fingerprint density at radius 1 is 1.33 bits per heavy atom. The van der Waals surface area contributed by atoms with Crippen LogP contribution >= 0.6 is 11.8 Å². The Bertz CT molecular complexity index is 551. The van der Waals surface area contributed by atoms with Gasteiger partial charge in [0.15, 0.2) is 14.0 Å². The van der Waals surface area contributed by atoms with Gasteiger partial charge in [-0.15, -0.1) is 11.8 Å². The van der Waals surface area contributed by atoms with Crippen LogP contribution in [0.15, 0.2) is 11.5 Å². The van der Waals surface area contributed by atoms with E-state index >= 15 is 0 Å². The maximum Gasteiger partial charge on any atom is 0.356 e. The third kappa shape index (κ3) is 3.81. The number of carbonyl (C=O) groups is 2. The highest BCUT2D eigenvalue weighted by Gasteiger charge is 2.54. The second-order valence-electron chi connectivity index (χ2n) is 7.68. The molecule has 0 bridgehead atoms. The van der Waals surface area contributed by atoms with E-state index < -0.39 is 20.2 Å². The number of amides is 1. The summed E-state index contributed by atoms with van der Waals surface area (Å²) < 4.78 is 6.31. The lowest BCUT2D eigenvalue weighted by Gasteiger charge is -2.50. The van der Waals surface area contributed by atoms with Crippen molar-refractivity contribution in [3.05, 3.63) is 11.5 Å². The van der Waals surface area contributed by atoms with Crippen LogP contribution in [0, 0.1) is 5.92 Å². The summed E-state index contributed by atoms with van der Waals surface area (Å²) in [6.45, 7) is 13.8. The molecule has 138 valence electrons. The number of thioether (sulfide) groups is 1. The van der Waals surface area contributed by atoms with E-state index in [0.29, 0.717) is 0 Å². The van der Waals surface area contributed by atoms with Crippen molar-refractivity contribution >= 4 is 32.0 Å². The van der Waals surface area contributed by atoms with Gasteiger partial charge in [0.05, 0.1) is 17.4 Å². The fraction of sp³-hybridized carbons (Fsp3) is 0.750. The lowest BCUT2D eigenvalue weighted by Crippen LogP contribution is -2.64. The number of β-lactam (4-membered cyclic amide) rings is 1. The van der Waals surface area contributed by atoms with E-state index in [9.17, 15) is 19.8 Å². The molecule has 6 nitrogen and oxygen atoms in total. The van der Waals surface area contributed by atoms with Crippen LogP contribution in [-0.4, -0.2) is 53.0 Å². The largest absolute Gasteiger partial charge is 0.510 e. The standard InChI is InChI=1S/C16H29NO5SSi/c1-9(18)12(15(20)21)17-13(19)11(14(17)23-6)10(2)22-24(7,8)16(3,4)5/h10-11,14,18H,1-8H3,(H,20,21)/b12-9+/t10-,11?,14?/m1/s1. The van der Waals surface area contributed by atoms with Crippen molar-refractivity contribution in [3.63, 3.8) is 0 Å². The van der Waals surface area contributed by atoms with E-state index in [2.05, 4.69) is 33.9 Å². The maximum atomic E-state index is 12.6. The summed E-state index contributed by atoms with van der Waals surface area (Å²) in [4.78, 5) is 25.1. The first-order valence-electron chi connectivity index (χ1n) is 7.93. The molecule has 0 aromatic heterocycles. The second-order valence-corrected chi connectivity index (χ2v) is 13.4. The second kappa shape index (κ2) is 7.09. The van der Waals surface area contributed by atoms with Gasteiger partial charge in [-0.2, -0.15) is 0 Å². The van der Waals surface area contributed by atoms with Crippen LogP contribution in [-0.2, 0) is 14.0 Å². The lowest BCUT2D eigenvalue weighted by molar-refractivity contribution is -0.157. The minimum absolute atomic E-state index is 0.0242. The number of carboxylic acid groups (broad SMARTS) is 1. The number of carboxylic acids is 1. The first-order valence-corrected chi connectivity index (χ1v) is 12.1. The van der Waals surface area contributed by atoms with E-state index in [1.54, 1.807) is 0 Å². The van der Waals surface area contributed by atoms with Gasteiger partial charge in [0.25, 0.3) is 0 Å². The molecule has 0 aromatic rings. The molecule has 1 rings (SSSR count). The van der Waals surface area contributed by atoms with E-state index in [1.165, 1.54) is 23.6 Å². The smallest absolute Gasteiger partial charge is 0.356 e. The average molecular weight is 376 g/mol. The van der Waals surface area contributed by atoms with Crippen molar-refractivity contribution in [2.24, 2.45) is 5.92 Å². The van der Waals surface area contributed by atoms with E-state index in [-0.39, 0.29) is 33.9 Å². The van der Waals surface area contributed by atoms with Crippen molar-refractivity contribution in [3.8, 4) is 0 Å². The Morgan fingerprint density at radius 3 is 2.17 bits per heavy atom. The number of aliphatic hydroxyl groups is 1. The molecule has 1 saturated heterocycles. The summed E-state index contributed by atoms with van der Waals surface area (Å²) in [5.74, 6) is -2.40. The monoisotopic (exact) mass is 375 g/mol. The molecule has 1 heterocycles. The number of likely N-dealkylation sites (tertiary alicyclic amines) is 1. The van der Waals surface area contributed by atoms with Gasteiger partial charge in [-0.25, -0.2) is 4.79 Å². The summed E-state index contributed by atoms with van der Waals surface area (Å²) in [6, 6.07) is 0. The molecule has 0 radical (unpaired) electrons. The average Bonchev–Trinajstić information content (AvgIpc) is 2.38. The summed E-state index contributed by atoms with van der Waals surface area (Å²) in [7, 11) is -2.04. The quantitative estimate of drug-likeness (QED) is 0.320. The molecule has 8 heteroatoms. The molecule has 1 fully saturated rings. The molecular formula is C16H29NO5SSi. The molecule has 0 aliphatic carbocycles. The molecule has 24 heavy (non-hydrogen) atoms. The number of aliphatic carboxylic acids is 1. The van der Waals surface area contributed by atoms with Crippen molar-refractivity contribution in [1.29, 1.82) is 0 Å². The van der Waals surface area contributed by atoms with Crippen molar-refractivity contribution < 1.29 is 24.2 Å². The van der Waals surface area contributed by atoms with Crippen molar-refractivity contribution in [1.82, 2.24) is 4.90 Å². The van der Waals surface area contributed by atoms with Gasteiger partial charge >= 0.3 is 5.97 Å². The van der Waals surface area contributed by atoms with Crippen LogP contribution in [0.25, 0.3) is 0 Å². The molecule has 3 atom stereocenters. The minimum Gasteiger partial charge on any atom is -0.510 e. The number of aliphatic hydroxyl groups excluding tert-OH is 1. The van der Waals surface area contributed by atoms with Gasteiger partial charge in [0, 0.05) is 0 Å². The molecule has 2 unspecified atom stereocenters. The number of hydrogen-bond acceptors (Lipinski definition) is 5. The summed E-state index contributed by atoms with van der Waals surface area (Å²) in [6.07, 6.45) is 1.52. The molecule has 1 aliphatic rings. The lowest BCUT2D eigenvalue weighted by atomic mass is 9.92. The Morgan fingerprint density at radius 2 is 1.83 bits per heavy atom. The van der Waals surface area contributed by atoms with Gasteiger partial charge in [0.2, 0.25) is 5.91 Å². The topological polar surface area (TPSA) is 87.1 Å². The zero-order valence-electron chi connectivity index (χ0n) is 15.7. The summed E-state index contributed by atoms with van der Waals surface area (Å²) in [5, 5.41) is 18.6. The molecule has 0 spiro atoms. The van der Waals surface area contributed by atoms with E-state index in [1.807, 2.05) is 13.2 Å². The zero-order chi connectivity index (χ0) is 19.0. The number of nitrogens with zero attached hydrogens (tertiary/aromatic N) is 1. The number of hydrogen-bond donors (Lipinski definition) is 2. The van der Waals surface area contributed by atoms with Crippen LogP contribution < -0.4 is 0 Å². The summed E-state index contributed by atoms with van der Waals surface area (Å²) in [5.41, 5.74) is -0.352. The Balaban J connectivity index is 3.03. The molecule has 0 saturated carbocycles. The Labute approximate surface area is 149 Å². The minimum atomic E-state index is -2.04. The highest BCUT2D eigenvalue weighted by atomic mass is 32.2. The van der Waals surface area contributed by atoms with Crippen LogP contribution in [0.1, 0.15) is 34.6 Å². The van der Waals surface area contributed by atoms with Gasteiger partial charge in [-0.05, 0) is 38.2 Å². The first-order chi connectivity index (χ1) is 10.8. The third-order valence-corrected chi connectivity index (χ3v) is 10.5. The van der Waals surface area contributed by atoms with Crippen LogP contribution in [0.5, 0.6) is 0 Å². The van der Waals surface area contributed by atoms with Gasteiger partial charge in [-0.1, -0.05) is 20.8 Å². The van der Waals surface area contributed by atoms with Gasteiger partial charge in [-0.3, -0.25) is 9.69 Å². The Kier molecular flexibility index (Phi) is 6.22. The first kappa shape index (κ1) is 21.1. The third-order valence-electron chi connectivity index (χ3n) is 4.90. The summed E-state index contributed by atoms with van der Waals surface area (Å²) >= 11 is 1.39. The van der Waals surface area contributed by atoms with Gasteiger partial charge < -0.3 is 14.6 Å².